The molecule has 0 aromatic heterocycles. The quantitative estimate of drug-likeness (QED) is 0.439. The average molecular weight is 336 g/mol. The summed E-state index contributed by atoms with van der Waals surface area (Å²) in [6.07, 6.45) is 8.70. The van der Waals surface area contributed by atoms with Crippen molar-refractivity contribution in [1.82, 2.24) is 0 Å². The van der Waals surface area contributed by atoms with Crippen molar-refractivity contribution in [3.8, 4) is 0 Å². The van der Waals surface area contributed by atoms with E-state index in [9.17, 15) is 4.57 Å². The first-order valence-electron chi connectivity index (χ1n) is 8.68. The van der Waals surface area contributed by atoms with Crippen LogP contribution in [0.15, 0.2) is 0 Å². The Morgan fingerprint density at radius 1 is 1.14 bits per heavy atom. The van der Waals surface area contributed by atoms with Crippen LogP contribution in [0.4, 0.5) is 0 Å². The van der Waals surface area contributed by atoms with Crippen molar-refractivity contribution < 1.29 is 23.8 Å². The van der Waals surface area contributed by atoms with Gasteiger partial charge in [0.2, 0.25) is 0 Å². The van der Waals surface area contributed by atoms with Crippen LogP contribution >= 0.6 is 7.60 Å². The lowest BCUT2D eigenvalue weighted by Crippen LogP contribution is -2.28. The molecular formula is C16H33O5P. The standard InChI is InChI=1S/C16H33O5P/c1-14(2)8-3-4-9-15(10-7-13-22(17,18)19)21-16-11-5-6-12-20-16/h14-16H,3-13H2,1-2H3,(H2,17,18,19). The first kappa shape index (κ1) is 20.1. The minimum Gasteiger partial charge on any atom is -0.353 e. The molecule has 0 aliphatic carbocycles. The summed E-state index contributed by atoms with van der Waals surface area (Å²) in [6, 6.07) is 0. The van der Waals surface area contributed by atoms with E-state index in [1.54, 1.807) is 0 Å². The normalized spacial score (nSPS) is 21.2. The second kappa shape index (κ2) is 10.8. The molecule has 0 bridgehead atoms. The maximum absolute atomic E-state index is 11.0. The highest BCUT2D eigenvalue weighted by Gasteiger charge is 2.21. The minimum absolute atomic E-state index is 0.0512. The lowest BCUT2D eigenvalue weighted by Gasteiger charge is -2.28. The van der Waals surface area contributed by atoms with Gasteiger partial charge in [-0.25, -0.2) is 0 Å². The molecule has 22 heavy (non-hydrogen) atoms. The Kier molecular flexibility index (Phi) is 9.85. The lowest BCUT2D eigenvalue weighted by atomic mass is 10.0. The molecule has 1 heterocycles. The van der Waals surface area contributed by atoms with E-state index < -0.39 is 7.60 Å². The molecule has 2 atom stereocenters. The Labute approximate surface area is 134 Å². The van der Waals surface area contributed by atoms with Crippen LogP contribution < -0.4 is 0 Å². The van der Waals surface area contributed by atoms with Crippen LogP contribution in [-0.2, 0) is 14.0 Å². The highest BCUT2D eigenvalue weighted by atomic mass is 31.2. The zero-order valence-electron chi connectivity index (χ0n) is 14.1. The van der Waals surface area contributed by atoms with Crippen molar-refractivity contribution in [2.75, 3.05) is 12.8 Å². The smallest absolute Gasteiger partial charge is 0.325 e. The minimum atomic E-state index is -3.90. The summed E-state index contributed by atoms with van der Waals surface area (Å²) >= 11 is 0. The van der Waals surface area contributed by atoms with Gasteiger partial charge < -0.3 is 19.3 Å². The largest absolute Gasteiger partial charge is 0.353 e. The zero-order chi connectivity index (χ0) is 16.4. The second-order valence-electron chi connectivity index (χ2n) is 6.76. The maximum Gasteiger partial charge on any atom is 0.325 e. The van der Waals surface area contributed by atoms with E-state index >= 15 is 0 Å². The maximum atomic E-state index is 11.0. The molecule has 2 N–H and O–H groups in total. The molecule has 2 unspecified atom stereocenters. The third kappa shape index (κ3) is 10.7. The van der Waals surface area contributed by atoms with Crippen LogP contribution in [0.5, 0.6) is 0 Å². The van der Waals surface area contributed by atoms with Gasteiger partial charge in [0.15, 0.2) is 6.29 Å². The molecule has 0 spiro atoms. The first-order chi connectivity index (χ1) is 10.4. The fourth-order valence-corrected chi connectivity index (χ4v) is 3.36. The number of hydrogen-bond acceptors (Lipinski definition) is 3. The van der Waals surface area contributed by atoms with Gasteiger partial charge in [0.1, 0.15) is 0 Å². The summed E-state index contributed by atoms with van der Waals surface area (Å²) in [4.78, 5) is 17.9. The Hall–Kier alpha value is 0.0700. The highest BCUT2D eigenvalue weighted by molar-refractivity contribution is 7.51. The van der Waals surface area contributed by atoms with Gasteiger partial charge in [-0.05, 0) is 44.4 Å². The molecule has 0 amide bonds. The van der Waals surface area contributed by atoms with Crippen molar-refractivity contribution >= 4 is 7.60 Å². The van der Waals surface area contributed by atoms with E-state index in [0.29, 0.717) is 12.8 Å². The van der Waals surface area contributed by atoms with Gasteiger partial charge in [-0.2, -0.15) is 0 Å². The third-order valence-corrected chi connectivity index (χ3v) is 4.91. The summed E-state index contributed by atoms with van der Waals surface area (Å²) in [7, 11) is -3.90. The molecule has 5 nitrogen and oxygen atoms in total. The van der Waals surface area contributed by atoms with Gasteiger partial charge in [-0.3, -0.25) is 4.57 Å². The van der Waals surface area contributed by atoms with Crippen LogP contribution in [0.3, 0.4) is 0 Å². The molecule has 6 heteroatoms. The molecule has 0 aromatic carbocycles. The summed E-state index contributed by atoms with van der Waals surface area (Å²) < 4.78 is 22.6. The van der Waals surface area contributed by atoms with E-state index in [-0.39, 0.29) is 18.6 Å². The van der Waals surface area contributed by atoms with Gasteiger partial charge >= 0.3 is 7.60 Å². The Bertz CT molecular complexity index is 322. The van der Waals surface area contributed by atoms with Gasteiger partial charge in [0.05, 0.1) is 6.10 Å². The fourth-order valence-electron chi connectivity index (χ4n) is 2.76. The predicted molar refractivity (Wildman–Crippen MR) is 87.9 cm³/mol. The van der Waals surface area contributed by atoms with E-state index in [0.717, 1.165) is 44.6 Å². The molecule has 1 rings (SSSR count). The Morgan fingerprint density at radius 2 is 1.82 bits per heavy atom. The Morgan fingerprint density at radius 3 is 2.41 bits per heavy atom. The second-order valence-corrected chi connectivity index (χ2v) is 8.54. The number of rotatable bonds is 11. The Balaban J connectivity index is 2.32. The molecule has 1 fully saturated rings. The van der Waals surface area contributed by atoms with E-state index in [2.05, 4.69) is 13.8 Å². The van der Waals surface area contributed by atoms with Gasteiger partial charge in [0, 0.05) is 12.8 Å². The number of hydrogen-bond donors (Lipinski definition) is 2. The summed E-state index contributed by atoms with van der Waals surface area (Å²) in [5.41, 5.74) is 0. The van der Waals surface area contributed by atoms with Crippen molar-refractivity contribution in [1.29, 1.82) is 0 Å². The summed E-state index contributed by atoms with van der Waals surface area (Å²) in [6.45, 7) is 5.21. The van der Waals surface area contributed by atoms with E-state index in [1.807, 2.05) is 0 Å². The molecule has 1 aliphatic rings. The zero-order valence-corrected chi connectivity index (χ0v) is 15.0. The molecule has 0 radical (unpaired) electrons. The number of unbranched alkanes of at least 4 members (excludes halogenated alkanes) is 1. The molecule has 1 saturated heterocycles. The van der Waals surface area contributed by atoms with E-state index in [1.165, 1.54) is 12.8 Å². The van der Waals surface area contributed by atoms with Crippen LogP contribution in [0.1, 0.15) is 71.6 Å². The molecule has 0 saturated carbocycles. The van der Waals surface area contributed by atoms with Crippen molar-refractivity contribution in [2.24, 2.45) is 5.92 Å². The molecule has 0 aromatic rings. The topological polar surface area (TPSA) is 76.0 Å². The van der Waals surface area contributed by atoms with Crippen molar-refractivity contribution in [3.05, 3.63) is 0 Å². The number of ether oxygens (including phenoxy) is 2. The van der Waals surface area contributed by atoms with Crippen LogP contribution in [-0.4, -0.2) is 34.9 Å². The first-order valence-corrected chi connectivity index (χ1v) is 10.5. The monoisotopic (exact) mass is 336 g/mol. The SMILES string of the molecule is CC(C)CCCCC(CCCP(=O)(O)O)OC1CCCCO1. The average Bonchev–Trinajstić information content (AvgIpc) is 2.43. The van der Waals surface area contributed by atoms with Crippen molar-refractivity contribution in [2.45, 2.75) is 84.0 Å². The third-order valence-electron chi connectivity index (χ3n) is 4.02. The van der Waals surface area contributed by atoms with Crippen LogP contribution in [0, 0.1) is 5.92 Å². The van der Waals surface area contributed by atoms with E-state index in [4.69, 9.17) is 19.3 Å². The highest BCUT2D eigenvalue weighted by Crippen LogP contribution is 2.36. The van der Waals surface area contributed by atoms with Crippen molar-refractivity contribution in [3.63, 3.8) is 0 Å². The van der Waals surface area contributed by atoms with Crippen LogP contribution in [0.2, 0.25) is 0 Å². The summed E-state index contributed by atoms with van der Waals surface area (Å²) in [5, 5.41) is 0. The predicted octanol–water partition coefficient (Wildman–Crippen LogP) is 4.07. The van der Waals surface area contributed by atoms with Gasteiger partial charge in [-0.15, -0.1) is 0 Å². The lowest BCUT2D eigenvalue weighted by molar-refractivity contribution is -0.190. The van der Waals surface area contributed by atoms with Gasteiger partial charge in [0.25, 0.3) is 0 Å². The molecular weight excluding hydrogens is 303 g/mol. The molecule has 1 aliphatic heterocycles. The molecule has 132 valence electrons. The van der Waals surface area contributed by atoms with Gasteiger partial charge in [-0.1, -0.05) is 33.1 Å². The van der Waals surface area contributed by atoms with Crippen LogP contribution in [0.25, 0.3) is 0 Å². The summed E-state index contributed by atoms with van der Waals surface area (Å²) in [5.74, 6) is 0.718. The fraction of sp³-hybridized carbons (Fsp3) is 1.00.